The van der Waals surface area contributed by atoms with E-state index in [4.69, 9.17) is 9.15 Å². The third kappa shape index (κ3) is 4.39. The molecule has 2 heterocycles. The first kappa shape index (κ1) is 22.8. The van der Waals surface area contributed by atoms with Crippen LogP contribution >= 0.6 is 0 Å². The number of fused-ring (bicyclic) bond motifs is 1. The van der Waals surface area contributed by atoms with Gasteiger partial charge >= 0.3 is 0 Å². The van der Waals surface area contributed by atoms with Crippen LogP contribution in [0.1, 0.15) is 23.0 Å². The van der Waals surface area contributed by atoms with Gasteiger partial charge in [-0.05, 0) is 66.6 Å². The summed E-state index contributed by atoms with van der Waals surface area (Å²) in [6.45, 7) is 2.09. The Hall–Kier alpha value is -4.99. The first-order valence-corrected chi connectivity index (χ1v) is 11.2. The molecule has 180 valence electrons. The van der Waals surface area contributed by atoms with Gasteiger partial charge in [-0.1, -0.05) is 19.1 Å². The molecule has 2 aromatic heterocycles. The van der Waals surface area contributed by atoms with E-state index in [0.29, 0.717) is 22.5 Å². The smallest absolute Gasteiger partial charge is 0.291 e. The second-order valence-electron chi connectivity index (χ2n) is 7.97. The van der Waals surface area contributed by atoms with Gasteiger partial charge in [-0.15, -0.1) is 10.2 Å². The van der Waals surface area contributed by atoms with Crippen LogP contribution in [0.25, 0.3) is 28.0 Å². The van der Waals surface area contributed by atoms with Crippen LogP contribution in [0.4, 0.5) is 11.4 Å². The number of aryl methyl sites for hydroxylation is 1. The molecule has 10 heteroatoms. The zero-order valence-corrected chi connectivity index (χ0v) is 19.5. The Labute approximate surface area is 205 Å². The summed E-state index contributed by atoms with van der Waals surface area (Å²) < 4.78 is 10.7. The van der Waals surface area contributed by atoms with Crippen molar-refractivity contribution in [3.8, 4) is 22.8 Å². The quantitative estimate of drug-likeness (QED) is 0.242. The zero-order chi connectivity index (χ0) is 25.2. The first-order chi connectivity index (χ1) is 17.4. The summed E-state index contributed by atoms with van der Waals surface area (Å²) in [5.41, 5.74) is 3.92. The number of carbonyl (C=O) groups excluding carboxylic acids is 1. The summed E-state index contributed by atoms with van der Waals surface area (Å²) >= 11 is 0. The van der Waals surface area contributed by atoms with Crippen molar-refractivity contribution in [1.29, 1.82) is 0 Å². The molecule has 5 aromatic rings. The van der Waals surface area contributed by atoms with E-state index in [1.165, 1.54) is 36.9 Å². The van der Waals surface area contributed by atoms with Gasteiger partial charge in [0.2, 0.25) is 0 Å². The average Bonchev–Trinajstić information content (AvgIpc) is 3.56. The molecule has 0 unspecified atom stereocenters. The van der Waals surface area contributed by atoms with Gasteiger partial charge in [-0.25, -0.2) is 0 Å². The van der Waals surface area contributed by atoms with Crippen molar-refractivity contribution in [1.82, 2.24) is 15.0 Å². The normalized spacial score (nSPS) is 10.9. The largest absolute Gasteiger partial charge is 0.497 e. The number of rotatable bonds is 7. The number of aromatic nitrogens is 3. The maximum Gasteiger partial charge on any atom is 0.291 e. The minimum atomic E-state index is -0.527. The molecule has 0 aliphatic carbocycles. The third-order valence-corrected chi connectivity index (χ3v) is 5.71. The molecule has 0 bridgehead atoms. The molecule has 0 atom stereocenters. The van der Waals surface area contributed by atoms with E-state index < -0.39 is 10.8 Å². The van der Waals surface area contributed by atoms with Gasteiger partial charge in [0.1, 0.15) is 22.5 Å². The second-order valence-corrected chi connectivity index (χ2v) is 7.97. The van der Waals surface area contributed by atoms with Crippen molar-refractivity contribution in [3.05, 3.63) is 94.2 Å². The highest BCUT2D eigenvalue weighted by atomic mass is 16.6. The molecule has 0 saturated heterocycles. The number of hydrogen-bond acceptors (Lipinski definition) is 7. The van der Waals surface area contributed by atoms with Gasteiger partial charge in [0, 0.05) is 5.69 Å². The van der Waals surface area contributed by atoms with E-state index in [9.17, 15) is 14.9 Å². The van der Waals surface area contributed by atoms with Gasteiger partial charge < -0.3 is 14.5 Å². The maximum absolute atomic E-state index is 12.8. The second kappa shape index (κ2) is 9.34. The highest BCUT2D eigenvalue weighted by Crippen LogP contribution is 2.34. The molecule has 10 nitrogen and oxygen atoms in total. The van der Waals surface area contributed by atoms with Crippen molar-refractivity contribution >= 4 is 28.3 Å². The summed E-state index contributed by atoms with van der Waals surface area (Å²) in [5.74, 6) is 0.0523. The SMILES string of the molecule is CCc1ccc(-n2nc3ccc(NC(=O)c4ccc(-c5ccc(OC)cc5[N+](=O)[O-])o4)cc3n2)cc1. The number of ether oxygens (including phenoxy) is 1. The Morgan fingerprint density at radius 3 is 2.53 bits per heavy atom. The molecule has 1 N–H and O–H groups in total. The summed E-state index contributed by atoms with van der Waals surface area (Å²) in [5, 5.41) is 23.3. The van der Waals surface area contributed by atoms with Crippen LogP contribution in [0.15, 0.2) is 77.2 Å². The Morgan fingerprint density at radius 1 is 1.03 bits per heavy atom. The Bertz CT molecular complexity index is 1590. The van der Waals surface area contributed by atoms with E-state index in [0.717, 1.165) is 12.1 Å². The molecule has 0 spiro atoms. The molecule has 5 rings (SSSR count). The molecular formula is C26H21N5O5. The lowest BCUT2D eigenvalue weighted by Gasteiger charge is -2.04. The first-order valence-electron chi connectivity index (χ1n) is 11.2. The lowest BCUT2D eigenvalue weighted by Crippen LogP contribution is -2.10. The number of amides is 1. The fraction of sp³-hybridized carbons (Fsp3) is 0.115. The molecule has 0 fully saturated rings. The number of nitrogens with zero attached hydrogens (tertiary/aromatic N) is 4. The predicted octanol–water partition coefficient (Wildman–Crippen LogP) is 5.41. The van der Waals surface area contributed by atoms with Crippen LogP contribution in [-0.2, 0) is 6.42 Å². The molecule has 0 aliphatic rings. The minimum Gasteiger partial charge on any atom is -0.497 e. The van der Waals surface area contributed by atoms with Gasteiger partial charge in [-0.3, -0.25) is 14.9 Å². The van der Waals surface area contributed by atoms with E-state index in [-0.39, 0.29) is 22.8 Å². The number of furan rings is 1. The zero-order valence-electron chi connectivity index (χ0n) is 19.5. The van der Waals surface area contributed by atoms with Gasteiger partial charge in [0.25, 0.3) is 11.6 Å². The van der Waals surface area contributed by atoms with Crippen LogP contribution < -0.4 is 10.1 Å². The van der Waals surface area contributed by atoms with Crippen molar-refractivity contribution in [2.45, 2.75) is 13.3 Å². The van der Waals surface area contributed by atoms with Crippen LogP contribution in [0, 0.1) is 10.1 Å². The minimum absolute atomic E-state index is 0.00915. The van der Waals surface area contributed by atoms with Crippen molar-refractivity contribution in [2.75, 3.05) is 12.4 Å². The highest BCUT2D eigenvalue weighted by molar-refractivity contribution is 6.03. The number of hydrogen-bond donors (Lipinski definition) is 1. The lowest BCUT2D eigenvalue weighted by molar-refractivity contribution is -0.384. The number of benzene rings is 3. The standard InChI is InChI=1S/C26H21N5O5/c1-3-16-4-7-18(8-5-16)30-28-21-11-6-17(14-22(21)29-30)27-26(32)25-13-12-24(36-25)20-10-9-19(35-2)15-23(20)31(33)34/h4-15H,3H2,1-2H3,(H,27,32). The van der Waals surface area contributed by atoms with E-state index >= 15 is 0 Å². The average molecular weight is 483 g/mol. The predicted molar refractivity (Wildman–Crippen MR) is 134 cm³/mol. The summed E-state index contributed by atoms with van der Waals surface area (Å²) in [7, 11) is 1.43. The van der Waals surface area contributed by atoms with Crippen LogP contribution in [0.3, 0.4) is 0 Å². The van der Waals surface area contributed by atoms with Gasteiger partial charge in [0.05, 0.1) is 29.4 Å². The van der Waals surface area contributed by atoms with Gasteiger partial charge in [-0.2, -0.15) is 4.80 Å². The molecule has 36 heavy (non-hydrogen) atoms. The van der Waals surface area contributed by atoms with E-state index in [1.54, 1.807) is 29.1 Å². The van der Waals surface area contributed by atoms with Crippen molar-refractivity contribution in [2.24, 2.45) is 0 Å². The fourth-order valence-electron chi connectivity index (χ4n) is 3.77. The number of nitrogens with one attached hydrogen (secondary N) is 1. The van der Waals surface area contributed by atoms with Crippen LogP contribution in [0.5, 0.6) is 5.75 Å². The Balaban J connectivity index is 1.36. The Morgan fingerprint density at radius 2 is 1.81 bits per heavy atom. The lowest BCUT2D eigenvalue weighted by atomic mass is 10.1. The molecule has 0 radical (unpaired) electrons. The number of nitro groups is 1. The topological polar surface area (TPSA) is 125 Å². The van der Waals surface area contributed by atoms with Gasteiger partial charge in [0.15, 0.2) is 5.76 Å². The summed E-state index contributed by atoms with van der Waals surface area (Å²) in [6, 6.07) is 20.6. The van der Waals surface area contributed by atoms with Crippen molar-refractivity contribution < 1.29 is 18.9 Å². The number of anilines is 1. The third-order valence-electron chi connectivity index (χ3n) is 5.71. The highest BCUT2D eigenvalue weighted by Gasteiger charge is 2.21. The molecule has 1 amide bonds. The number of methoxy groups -OCH3 is 1. The van der Waals surface area contributed by atoms with E-state index in [1.807, 2.05) is 24.3 Å². The van der Waals surface area contributed by atoms with Crippen LogP contribution in [-0.4, -0.2) is 32.9 Å². The molecular weight excluding hydrogens is 462 g/mol. The number of nitro benzene ring substituents is 1. The summed E-state index contributed by atoms with van der Waals surface area (Å²) in [6.07, 6.45) is 0.950. The number of carbonyl (C=O) groups is 1. The maximum atomic E-state index is 12.8. The molecule has 0 aliphatic heterocycles. The summed E-state index contributed by atoms with van der Waals surface area (Å²) in [4.78, 5) is 25.3. The molecule has 3 aromatic carbocycles. The fourth-order valence-corrected chi connectivity index (χ4v) is 3.77. The monoisotopic (exact) mass is 483 g/mol. The van der Waals surface area contributed by atoms with Crippen LogP contribution in [0.2, 0.25) is 0 Å². The van der Waals surface area contributed by atoms with E-state index in [2.05, 4.69) is 22.4 Å². The Kier molecular flexibility index (Phi) is 5.91. The molecule has 0 saturated carbocycles. The van der Waals surface area contributed by atoms with Crippen molar-refractivity contribution in [3.63, 3.8) is 0 Å².